The van der Waals surface area contributed by atoms with Crippen LogP contribution in [0.4, 0.5) is 0 Å². The van der Waals surface area contributed by atoms with Crippen molar-refractivity contribution < 1.29 is 4.52 Å². The van der Waals surface area contributed by atoms with Crippen molar-refractivity contribution in [3.63, 3.8) is 0 Å². The van der Waals surface area contributed by atoms with Crippen LogP contribution in [0.2, 0.25) is 0 Å². The Balaban J connectivity index is 2.31. The molecule has 76 valence electrons. The lowest BCUT2D eigenvalue weighted by Gasteiger charge is -1.93. The number of hydrogen-bond acceptors (Lipinski definition) is 3. The minimum Gasteiger partial charge on any atom is -0.363 e. The van der Waals surface area contributed by atoms with Gasteiger partial charge < -0.3 is 9.51 Å². The molecule has 0 amide bonds. The Hall–Kier alpha value is -2.54. The molecule has 2 aromatic heterocycles. The van der Waals surface area contributed by atoms with Crippen molar-refractivity contribution in [1.82, 2.24) is 10.1 Å². The first kappa shape index (κ1) is 8.74. The highest BCUT2D eigenvalue weighted by molar-refractivity contribution is 5.95. The monoisotopic (exact) mass is 209 g/mol. The summed E-state index contributed by atoms with van der Waals surface area (Å²) in [5.74, 6) is 0. The molecule has 0 fully saturated rings. The Kier molecular flexibility index (Phi) is 1.77. The minimum atomic E-state index is 0.449. The van der Waals surface area contributed by atoms with Crippen LogP contribution in [0.25, 0.3) is 22.2 Å². The molecule has 3 aromatic rings. The fourth-order valence-electron chi connectivity index (χ4n) is 1.78. The van der Waals surface area contributed by atoms with E-state index in [1.807, 2.05) is 30.5 Å². The lowest BCUT2D eigenvalue weighted by molar-refractivity contribution is 0.422. The van der Waals surface area contributed by atoms with Gasteiger partial charge in [-0.25, -0.2) is 0 Å². The molecule has 0 atom stereocenters. The number of H-pyrrole nitrogens is 1. The number of para-hydroxylation sites is 1. The number of fused-ring (bicyclic) bond motifs is 1. The van der Waals surface area contributed by atoms with Gasteiger partial charge in [0, 0.05) is 22.7 Å². The normalized spacial score (nSPS) is 10.4. The number of nitriles is 1. The van der Waals surface area contributed by atoms with Crippen molar-refractivity contribution in [1.29, 1.82) is 5.26 Å². The molecule has 0 aliphatic rings. The lowest BCUT2D eigenvalue weighted by Crippen LogP contribution is -1.78. The van der Waals surface area contributed by atoms with Gasteiger partial charge in [-0.1, -0.05) is 23.4 Å². The minimum absolute atomic E-state index is 0.449. The first-order chi connectivity index (χ1) is 7.90. The van der Waals surface area contributed by atoms with Crippen LogP contribution in [0.3, 0.4) is 0 Å². The van der Waals surface area contributed by atoms with Crippen LogP contribution in [0.15, 0.2) is 41.2 Å². The second-order valence-corrected chi connectivity index (χ2v) is 3.44. The fourth-order valence-corrected chi connectivity index (χ4v) is 1.78. The Morgan fingerprint density at radius 1 is 1.31 bits per heavy atom. The lowest BCUT2D eigenvalue weighted by atomic mass is 10.1. The summed E-state index contributed by atoms with van der Waals surface area (Å²) >= 11 is 0. The fraction of sp³-hybridized carbons (Fsp3) is 0. The Bertz CT molecular complexity index is 687. The van der Waals surface area contributed by atoms with E-state index in [9.17, 15) is 0 Å². The smallest absolute Gasteiger partial charge is 0.142 e. The molecule has 4 heteroatoms. The van der Waals surface area contributed by atoms with Crippen molar-refractivity contribution >= 4 is 10.9 Å². The van der Waals surface area contributed by atoms with Crippen LogP contribution < -0.4 is 0 Å². The quantitative estimate of drug-likeness (QED) is 0.670. The van der Waals surface area contributed by atoms with E-state index in [0.717, 1.165) is 16.5 Å². The average Bonchev–Trinajstić information content (AvgIpc) is 2.94. The molecule has 1 aromatic carbocycles. The zero-order valence-electron chi connectivity index (χ0n) is 8.27. The summed E-state index contributed by atoms with van der Waals surface area (Å²) in [4.78, 5) is 3.14. The highest BCUT2D eigenvalue weighted by atomic mass is 16.5. The molecule has 2 heterocycles. The summed E-state index contributed by atoms with van der Waals surface area (Å²) in [7, 11) is 0. The van der Waals surface area contributed by atoms with E-state index >= 15 is 0 Å². The van der Waals surface area contributed by atoms with Crippen LogP contribution in [-0.2, 0) is 0 Å². The van der Waals surface area contributed by atoms with Crippen LogP contribution >= 0.6 is 0 Å². The number of nitrogens with one attached hydrogen (secondary N) is 1. The molecular weight excluding hydrogens is 202 g/mol. The van der Waals surface area contributed by atoms with Crippen molar-refractivity contribution in [3.8, 4) is 17.3 Å². The van der Waals surface area contributed by atoms with E-state index < -0.39 is 0 Å². The summed E-state index contributed by atoms with van der Waals surface area (Å²) < 4.78 is 4.82. The van der Waals surface area contributed by atoms with E-state index in [-0.39, 0.29) is 0 Å². The SMILES string of the molecule is N#Cc1conc1-c1c[nH]c2ccccc12. The Morgan fingerprint density at radius 3 is 3.06 bits per heavy atom. The number of benzene rings is 1. The topological polar surface area (TPSA) is 65.6 Å². The van der Waals surface area contributed by atoms with Crippen molar-refractivity contribution in [2.45, 2.75) is 0 Å². The summed E-state index contributed by atoms with van der Waals surface area (Å²) in [5.41, 5.74) is 2.94. The van der Waals surface area contributed by atoms with Gasteiger partial charge in [-0.3, -0.25) is 0 Å². The van der Waals surface area contributed by atoms with Crippen LogP contribution in [0.5, 0.6) is 0 Å². The predicted octanol–water partition coefficient (Wildman–Crippen LogP) is 2.69. The maximum atomic E-state index is 8.92. The van der Waals surface area contributed by atoms with Gasteiger partial charge in [0.2, 0.25) is 0 Å². The molecule has 4 nitrogen and oxygen atoms in total. The van der Waals surface area contributed by atoms with Gasteiger partial charge in [-0.2, -0.15) is 5.26 Å². The molecule has 0 aliphatic heterocycles. The summed E-state index contributed by atoms with van der Waals surface area (Å²) in [6.45, 7) is 0. The Morgan fingerprint density at radius 2 is 2.19 bits per heavy atom. The second kappa shape index (κ2) is 3.24. The number of aromatic nitrogens is 2. The molecule has 0 saturated heterocycles. The highest BCUT2D eigenvalue weighted by Gasteiger charge is 2.13. The van der Waals surface area contributed by atoms with E-state index in [2.05, 4.69) is 16.2 Å². The molecular formula is C12H7N3O. The molecule has 3 rings (SSSR count). The highest BCUT2D eigenvalue weighted by Crippen LogP contribution is 2.29. The van der Waals surface area contributed by atoms with E-state index in [1.165, 1.54) is 6.26 Å². The van der Waals surface area contributed by atoms with Crippen LogP contribution in [0, 0.1) is 11.3 Å². The number of aromatic amines is 1. The van der Waals surface area contributed by atoms with Gasteiger partial charge in [-0.05, 0) is 6.07 Å². The summed E-state index contributed by atoms with van der Waals surface area (Å²) in [6, 6.07) is 9.92. The molecule has 0 unspecified atom stereocenters. The predicted molar refractivity (Wildman–Crippen MR) is 58.5 cm³/mol. The molecule has 0 spiro atoms. The molecule has 0 saturated carbocycles. The molecule has 0 bridgehead atoms. The summed E-state index contributed by atoms with van der Waals surface area (Å²) in [6.07, 6.45) is 3.19. The molecule has 0 aliphatic carbocycles. The third-order valence-electron chi connectivity index (χ3n) is 2.53. The molecule has 16 heavy (non-hydrogen) atoms. The van der Waals surface area contributed by atoms with Crippen LogP contribution in [0.1, 0.15) is 5.56 Å². The van der Waals surface area contributed by atoms with Crippen LogP contribution in [-0.4, -0.2) is 10.1 Å². The van der Waals surface area contributed by atoms with Gasteiger partial charge in [0.1, 0.15) is 23.6 Å². The maximum Gasteiger partial charge on any atom is 0.142 e. The van der Waals surface area contributed by atoms with Gasteiger partial charge in [0.25, 0.3) is 0 Å². The standard InChI is InChI=1S/C12H7N3O/c13-5-8-7-16-15-12(8)10-6-14-11-4-2-1-3-9(10)11/h1-4,6-7,14H. The van der Waals surface area contributed by atoms with Gasteiger partial charge in [0.05, 0.1) is 0 Å². The van der Waals surface area contributed by atoms with E-state index in [0.29, 0.717) is 11.3 Å². The second-order valence-electron chi connectivity index (χ2n) is 3.44. The third-order valence-corrected chi connectivity index (χ3v) is 2.53. The first-order valence-corrected chi connectivity index (χ1v) is 4.81. The Labute approximate surface area is 91.1 Å². The number of nitrogens with zero attached hydrogens (tertiary/aromatic N) is 2. The first-order valence-electron chi connectivity index (χ1n) is 4.81. The van der Waals surface area contributed by atoms with Crippen molar-refractivity contribution in [2.75, 3.05) is 0 Å². The van der Waals surface area contributed by atoms with Crippen molar-refractivity contribution in [3.05, 3.63) is 42.3 Å². The average molecular weight is 209 g/mol. The number of hydrogen-bond donors (Lipinski definition) is 1. The largest absolute Gasteiger partial charge is 0.363 e. The van der Waals surface area contributed by atoms with E-state index in [4.69, 9.17) is 9.78 Å². The zero-order valence-corrected chi connectivity index (χ0v) is 8.27. The van der Waals surface area contributed by atoms with Gasteiger partial charge in [-0.15, -0.1) is 0 Å². The summed E-state index contributed by atoms with van der Waals surface area (Å²) in [5, 5.41) is 13.8. The molecule has 0 radical (unpaired) electrons. The van der Waals surface area contributed by atoms with Gasteiger partial charge >= 0.3 is 0 Å². The zero-order chi connectivity index (χ0) is 11.0. The molecule has 1 N–H and O–H groups in total. The van der Waals surface area contributed by atoms with Gasteiger partial charge in [0.15, 0.2) is 0 Å². The third kappa shape index (κ3) is 1.12. The van der Waals surface area contributed by atoms with E-state index in [1.54, 1.807) is 0 Å². The number of rotatable bonds is 1. The maximum absolute atomic E-state index is 8.92. The van der Waals surface area contributed by atoms with Crippen molar-refractivity contribution in [2.24, 2.45) is 0 Å².